The predicted octanol–water partition coefficient (Wildman–Crippen LogP) is 5.27. The first-order chi connectivity index (χ1) is 7.05. The van der Waals surface area contributed by atoms with Crippen LogP contribution in [0, 0.1) is 0 Å². The van der Waals surface area contributed by atoms with E-state index in [-0.39, 0.29) is 0 Å². The van der Waals surface area contributed by atoms with Gasteiger partial charge >= 0.3 is 33.0 Å². The van der Waals surface area contributed by atoms with Gasteiger partial charge < -0.3 is 0 Å². The molecule has 0 amide bonds. The Hall–Kier alpha value is -0.810. The van der Waals surface area contributed by atoms with Gasteiger partial charge in [0.05, 0.1) is 21.1 Å². The summed E-state index contributed by atoms with van der Waals surface area (Å²) in [5.74, 6) is 0. The van der Waals surface area contributed by atoms with Gasteiger partial charge in [0, 0.05) is 0 Å². The molecule has 0 spiro atoms. The first-order valence-electron chi connectivity index (χ1n) is 4.49. The molecule has 1 aromatic carbocycles. The van der Waals surface area contributed by atoms with E-state index in [0.29, 0.717) is 0 Å². The van der Waals surface area contributed by atoms with Gasteiger partial charge in [0.15, 0.2) is 0 Å². The molecule has 0 saturated heterocycles. The second-order valence-electron chi connectivity index (χ2n) is 4.31. The molecule has 0 aromatic heterocycles. The number of nitrogens with zero attached hydrogens (tertiary/aromatic N) is 1. The molecule has 0 heterocycles. The van der Waals surface area contributed by atoms with Crippen LogP contribution in [0.5, 0.6) is 0 Å². The maximum atomic E-state index is 9.87. The van der Waals surface area contributed by atoms with Gasteiger partial charge in [0.2, 0.25) is 0 Å². The molecule has 17 heavy (non-hydrogen) atoms. The zero-order valence-corrected chi connectivity index (χ0v) is 10.4. The molecule has 0 radical (unpaired) electrons. The number of para-hydroxylation sites is 1. The molecule has 1 rings (SSSR count). The van der Waals surface area contributed by atoms with Crippen molar-refractivity contribution in [1.29, 1.82) is 0 Å². The molecule has 0 bridgehead atoms. The van der Waals surface area contributed by atoms with Gasteiger partial charge in [-0.05, 0) is 12.1 Å². The molecule has 0 aliphatic rings. The molecule has 0 aliphatic carbocycles. The van der Waals surface area contributed by atoms with Crippen molar-refractivity contribution in [2.75, 3.05) is 21.1 Å². The van der Waals surface area contributed by atoms with Crippen LogP contribution in [0.25, 0.3) is 0 Å². The molecule has 8 heteroatoms. The van der Waals surface area contributed by atoms with Gasteiger partial charge in [0.1, 0.15) is 5.69 Å². The Kier molecular flexibility index (Phi) is 3.67. The molecule has 1 aromatic rings. The Bertz CT molecular complexity index is 351. The van der Waals surface area contributed by atoms with Crippen LogP contribution >= 0.6 is 7.81 Å². The van der Waals surface area contributed by atoms with E-state index in [1.165, 1.54) is 5.69 Å². The predicted molar refractivity (Wildman–Crippen MR) is 59.6 cm³/mol. The van der Waals surface area contributed by atoms with Gasteiger partial charge in [-0.15, -0.1) is 0 Å². The third kappa shape index (κ3) is 15.2. The average Bonchev–Trinajstić information content (AvgIpc) is 1.98. The third-order valence-electron chi connectivity index (χ3n) is 1.53. The Morgan fingerprint density at radius 3 is 1.24 bits per heavy atom. The molecule has 1 nitrogen and oxygen atoms in total. The van der Waals surface area contributed by atoms with Crippen LogP contribution in [0.15, 0.2) is 30.3 Å². The summed E-state index contributed by atoms with van der Waals surface area (Å²) in [6.07, 6.45) is 0. The normalized spacial score (nSPS) is 16.3. The monoisotopic (exact) mass is 281 g/mol. The fourth-order valence-corrected chi connectivity index (χ4v) is 0.875. The summed E-state index contributed by atoms with van der Waals surface area (Å²) in [4.78, 5) is 0. The van der Waals surface area contributed by atoms with Crippen molar-refractivity contribution in [3.63, 3.8) is 0 Å². The van der Waals surface area contributed by atoms with E-state index in [2.05, 4.69) is 45.4 Å². The van der Waals surface area contributed by atoms with Gasteiger partial charge in [-0.1, -0.05) is 18.2 Å². The summed E-state index contributed by atoms with van der Waals surface area (Å²) in [6, 6.07) is 10.5. The van der Waals surface area contributed by atoms with Crippen molar-refractivity contribution in [2.45, 2.75) is 0 Å². The van der Waals surface area contributed by atoms with Crippen LogP contribution < -0.4 is 4.48 Å². The van der Waals surface area contributed by atoms with E-state index in [4.69, 9.17) is 0 Å². The zero-order valence-electron chi connectivity index (χ0n) is 9.55. The first kappa shape index (κ1) is 16.2. The fraction of sp³-hybridized carbons (Fsp3) is 0.333. The van der Waals surface area contributed by atoms with Crippen molar-refractivity contribution in [3.05, 3.63) is 30.3 Å². The molecule has 0 atom stereocenters. The van der Waals surface area contributed by atoms with Crippen LogP contribution in [0.2, 0.25) is 0 Å². The van der Waals surface area contributed by atoms with Crippen LogP contribution in [0.4, 0.5) is 30.9 Å². The summed E-state index contributed by atoms with van der Waals surface area (Å²) in [5, 5.41) is 0. The summed E-state index contributed by atoms with van der Waals surface area (Å²) in [7, 11) is -4.17. The Labute approximate surface area is 95.5 Å². The van der Waals surface area contributed by atoms with E-state index in [0.717, 1.165) is 4.48 Å². The summed E-state index contributed by atoms with van der Waals surface area (Å²) in [5.41, 5.74) is 1.34. The van der Waals surface area contributed by atoms with Crippen molar-refractivity contribution < 1.29 is 25.2 Å². The van der Waals surface area contributed by atoms with Crippen molar-refractivity contribution in [1.82, 2.24) is 4.48 Å². The van der Waals surface area contributed by atoms with Gasteiger partial charge in [-0.2, -0.15) is 0 Å². The van der Waals surface area contributed by atoms with Crippen LogP contribution in [-0.2, 0) is 0 Å². The van der Waals surface area contributed by atoms with E-state index in [1.807, 2.05) is 6.07 Å². The summed E-state index contributed by atoms with van der Waals surface area (Å²) >= 11 is 0. The van der Waals surface area contributed by atoms with E-state index in [9.17, 15) is 25.2 Å². The van der Waals surface area contributed by atoms with E-state index < -0.39 is 7.81 Å². The number of halogens is 6. The van der Waals surface area contributed by atoms with Gasteiger partial charge in [-0.3, -0.25) is 4.48 Å². The molecule has 0 N–H and O–H groups in total. The topological polar surface area (TPSA) is 0 Å². The Morgan fingerprint density at radius 1 is 0.765 bits per heavy atom. The number of benzene rings is 1. The maximum absolute atomic E-state index is 10.7. The average molecular weight is 281 g/mol. The molecular formula is C9H14F6NP. The van der Waals surface area contributed by atoms with Crippen molar-refractivity contribution >= 4 is 13.5 Å². The second-order valence-corrected chi connectivity index (χ2v) is 6.22. The first-order valence-corrected chi connectivity index (χ1v) is 6.52. The van der Waals surface area contributed by atoms with Gasteiger partial charge in [0.25, 0.3) is 0 Å². The Morgan fingerprint density at radius 2 is 1.06 bits per heavy atom. The van der Waals surface area contributed by atoms with Crippen LogP contribution in [-0.4, -0.2) is 21.1 Å². The summed E-state index contributed by atoms with van der Waals surface area (Å²) in [6.45, 7) is 0. The van der Waals surface area contributed by atoms with Gasteiger partial charge in [-0.25, -0.2) is 0 Å². The Balaban J connectivity index is 0.000000325. The minimum atomic E-state index is -10.7. The fourth-order valence-electron chi connectivity index (χ4n) is 0.875. The quantitative estimate of drug-likeness (QED) is 0.374. The van der Waals surface area contributed by atoms with Crippen LogP contribution in [0.1, 0.15) is 0 Å². The summed E-state index contributed by atoms with van der Waals surface area (Å²) < 4.78 is 60.1. The third-order valence-corrected chi connectivity index (χ3v) is 1.53. The SMILES string of the molecule is C[N+](C)(C)c1ccccc1.F[P-](F)(F)(F)(F)F. The molecule has 0 fully saturated rings. The van der Waals surface area contributed by atoms with Crippen molar-refractivity contribution in [3.8, 4) is 0 Å². The van der Waals surface area contributed by atoms with Crippen molar-refractivity contribution in [2.24, 2.45) is 0 Å². The number of hydrogen-bond acceptors (Lipinski definition) is 0. The number of quaternary nitrogens is 1. The standard InChI is InChI=1S/C9H14N.F6P/c1-10(2,3)9-7-5-4-6-8-9;1-7(2,3,4,5)6/h4-8H,1-3H3;/q+1;-1. The number of rotatable bonds is 1. The van der Waals surface area contributed by atoms with E-state index in [1.54, 1.807) is 0 Å². The minimum absolute atomic E-state index is 0.890. The van der Waals surface area contributed by atoms with Crippen LogP contribution in [0.3, 0.4) is 0 Å². The molecule has 0 unspecified atom stereocenters. The number of hydrogen-bond donors (Lipinski definition) is 0. The zero-order chi connectivity index (χ0) is 14.0. The second kappa shape index (κ2) is 3.85. The molecule has 102 valence electrons. The molecular weight excluding hydrogens is 267 g/mol. The molecule has 0 aliphatic heterocycles. The van der Waals surface area contributed by atoms with E-state index >= 15 is 0 Å². The molecule has 0 saturated carbocycles.